The third kappa shape index (κ3) is 2.44. The molecular weight excluding hydrogens is 276 g/mol. The van der Waals surface area contributed by atoms with Gasteiger partial charge in [-0.1, -0.05) is 11.6 Å². The Bertz CT molecular complexity index is 548. The van der Waals surface area contributed by atoms with E-state index in [1.807, 2.05) is 0 Å². The molecule has 0 saturated carbocycles. The van der Waals surface area contributed by atoms with Gasteiger partial charge >= 0.3 is 0 Å². The normalized spacial score (nSPS) is 27.9. The second-order valence-electron chi connectivity index (χ2n) is 5.40. The summed E-state index contributed by atoms with van der Waals surface area (Å²) in [7, 11) is 1.57. The monoisotopic (exact) mass is 292 g/mol. The zero-order chi connectivity index (χ0) is 14.1. The molecule has 106 valence electrons. The van der Waals surface area contributed by atoms with E-state index in [1.54, 1.807) is 19.2 Å². The number of piperidine rings is 3. The smallest absolute Gasteiger partial charge is 0.180 e. The highest BCUT2D eigenvalue weighted by atomic mass is 35.5. The summed E-state index contributed by atoms with van der Waals surface area (Å²) in [6, 6.07) is 5.37. The predicted octanol–water partition coefficient (Wildman–Crippen LogP) is 2.69. The van der Waals surface area contributed by atoms with Gasteiger partial charge < -0.3 is 9.47 Å². The number of nitrogens with zero attached hydrogens (tertiary/aromatic N) is 2. The zero-order valence-electron chi connectivity index (χ0n) is 11.4. The van der Waals surface area contributed by atoms with Gasteiger partial charge in [0.1, 0.15) is 6.10 Å². The predicted molar refractivity (Wildman–Crippen MR) is 76.3 cm³/mol. The van der Waals surface area contributed by atoms with E-state index in [0.29, 0.717) is 28.0 Å². The zero-order valence-corrected chi connectivity index (χ0v) is 12.2. The molecule has 5 heteroatoms. The number of fused-ring (bicyclic) bond motifs is 3. The molecule has 3 heterocycles. The maximum absolute atomic E-state index is 8.97. The summed E-state index contributed by atoms with van der Waals surface area (Å²) in [6.07, 6.45) is 2.53. The molecule has 0 N–H and O–H groups in total. The standard InChI is InChI=1S/C15H17ClN2O2/c1-19-13-7-10(8-17)6-12(16)15(13)20-14-9-18-4-2-11(14)3-5-18/h6-7,11,14H,2-5,9H2,1H3. The van der Waals surface area contributed by atoms with Gasteiger partial charge in [0.05, 0.1) is 23.8 Å². The lowest BCUT2D eigenvalue weighted by atomic mass is 9.86. The Morgan fingerprint density at radius 1 is 1.35 bits per heavy atom. The van der Waals surface area contributed by atoms with Crippen molar-refractivity contribution in [3.8, 4) is 17.6 Å². The molecule has 0 radical (unpaired) electrons. The third-order valence-electron chi connectivity index (χ3n) is 4.22. The van der Waals surface area contributed by atoms with Crippen molar-refractivity contribution in [2.45, 2.75) is 18.9 Å². The highest BCUT2D eigenvalue weighted by Crippen LogP contribution is 2.39. The van der Waals surface area contributed by atoms with Crippen LogP contribution >= 0.6 is 11.6 Å². The first-order valence-electron chi connectivity index (χ1n) is 6.88. The highest BCUT2D eigenvalue weighted by Gasteiger charge is 2.36. The molecule has 1 unspecified atom stereocenters. The van der Waals surface area contributed by atoms with Gasteiger partial charge in [-0.3, -0.25) is 4.90 Å². The van der Waals surface area contributed by atoms with Crippen LogP contribution in [-0.4, -0.2) is 37.7 Å². The number of rotatable bonds is 3. The number of halogens is 1. The van der Waals surface area contributed by atoms with E-state index in [4.69, 9.17) is 26.3 Å². The fourth-order valence-corrected chi connectivity index (χ4v) is 3.35. The van der Waals surface area contributed by atoms with Gasteiger partial charge in [-0.05, 0) is 37.9 Å². The number of ether oxygens (including phenoxy) is 2. The minimum atomic E-state index is 0.164. The molecule has 4 nitrogen and oxygen atoms in total. The molecule has 0 spiro atoms. The van der Waals surface area contributed by atoms with Crippen molar-refractivity contribution < 1.29 is 9.47 Å². The van der Waals surface area contributed by atoms with Gasteiger partial charge in [-0.15, -0.1) is 0 Å². The van der Waals surface area contributed by atoms with Crippen LogP contribution < -0.4 is 9.47 Å². The topological polar surface area (TPSA) is 45.5 Å². The van der Waals surface area contributed by atoms with E-state index in [0.717, 1.165) is 6.54 Å². The van der Waals surface area contributed by atoms with Crippen LogP contribution in [0.15, 0.2) is 12.1 Å². The van der Waals surface area contributed by atoms with Gasteiger partial charge in [0, 0.05) is 12.6 Å². The van der Waals surface area contributed by atoms with Crippen LogP contribution in [0.2, 0.25) is 5.02 Å². The maximum atomic E-state index is 8.97. The van der Waals surface area contributed by atoms with Crippen LogP contribution in [0.5, 0.6) is 11.5 Å². The Morgan fingerprint density at radius 2 is 2.10 bits per heavy atom. The second kappa shape index (κ2) is 5.51. The summed E-state index contributed by atoms with van der Waals surface area (Å²) in [5.41, 5.74) is 0.480. The van der Waals surface area contributed by atoms with E-state index in [-0.39, 0.29) is 6.10 Å². The number of hydrogen-bond donors (Lipinski definition) is 0. The van der Waals surface area contributed by atoms with Crippen molar-refractivity contribution in [1.29, 1.82) is 5.26 Å². The van der Waals surface area contributed by atoms with Gasteiger partial charge in [0.15, 0.2) is 11.5 Å². The van der Waals surface area contributed by atoms with Crippen LogP contribution in [0.1, 0.15) is 18.4 Å². The second-order valence-corrected chi connectivity index (χ2v) is 5.80. The first kappa shape index (κ1) is 13.5. The molecule has 3 saturated heterocycles. The van der Waals surface area contributed by atoms with Crippen molar-refractivity contribution in [2.24, 2.45) is 5.92 Å². The number of methoxy groups -OCH3 is 1. The summed E-state index contributed by atoms with van der Waals surface area (Å²) in [6.45, 7) is 3.29. The summed E-state index contributed by atoms with van der Waals surface area (Å²) >= 11 is 6.24. The first-order valence-corrected chi connectivity index (χ1v) is 7.25. The molecule has 2 bridgehead atoms. The minimum absolute atomic E-state index is 0.164. The van der Waals surface area contributed by atoms with Gasteiger partial charge in [-0.2, -0.15) is 5.26 Å². The summed E-state index contributed by atoms with van der Waals surface area (Å²) in [5, 5.41) is 9.41. The van der Waals surface area contributed by atoms with E-state index in [2.05, 4.69) is 11.0 Å². The van der Waals surface area contributed by atoms with E-state index < -0.39 is 0 Å². The minimum Gasteiger partial charge on any atom is -0.493 e. The molecule has 0 aromatic heterocycles. The number of benzene rings is 1. The highest BCUT2D eigenvalue weighted by molar-refractivity contribution is 6.32. The lowest BCUT2D eigenvalue weighted by Crippen LogP contribution is -2.52. The van der Waals surface area contributed by atoms with Crippen molar-refractivity contribution in [3.63, 3.8) is 0 Å². The number of nitriles is 1. The molecule has 3 fully saturated rings. The summed E-state index contributed by atoms with van der Waals surface area (Å²) < 4.78 is 11.4. The SMILES string of the molecule is COc1cc(C#N)cc(Cl)c1OC1CN2CCC1CC2. The van der Waals surface area contributed by atoms with Crippen molar-refractivity contribution in [1.82, 2.24) is 4.90 Å². The van der Waals surface area contributed by atoms with Gasteiger partial charge in [0.2, 0.25) is 0 Å². The molecule has 0 aliphatic carbocycles. The Labute approximate surface area is 123 Å². The quantitative estimate of drug-likeness (QED) is 0.859. The molecule has 1 aromatic carbocycles. The lowest BCUT2D eigenvalue weighted by Gasteiger charge is -2.44. The third-order valence-corrected chi connectivity index (χ3v) is 4.50. The molecule has 1 aromatic rings. The molecule has 3 aliphatic rings. The fraction of sp³-hybridized carbons (Fsp3) is 0.533. The first-order chi connectivity index (χ1) is 9.71. The van der Waals surface area contributed by atoms with E-state index in [1.165, 1.54) is 25.9 Å². The largest absolute Gasteiger partial charge is 0.493 e. The molecule has 20 heavy (non-hydrogen) atoms. The Balaban J connectivity index is 1.85. The van der Waals surface area contributed by atoms with Crippen molar-refractivity contribution >= 4 is 11.6 Å². The van der Waals surface area contributed by atoms with Crippen molar-refractivity contribution in [2.75, 3.05) is 26.7 Å². The lowest BCUT2D eigenvalue weighted by molar-refractivity contribution is -0.00878. The Morgan fingerprint density at radius 3 is 2.65 bits per heavy atom. The van der Waals surface area contributed by atoms with Crippen LogP contribution in [0.25, 0.3) is 0 Å². The molecule has 0 amide bonds. The average Bonchev–Trinajstić information content (AvgIpc) is 2.50. The van der Waals surface area contributed by atoms with E-state index >= 15 is 0 Å². The molecular formula is C15H17ClN2O2. The number of hydrogen-bond acceptors (Lipinski definition) is 4. The van der Waals surface area contributed by atoms with Gasteiger partial charge in [0.25, 0.3) is 0 Å². The van der Waals surface area contributed by atoms with Crippen LogP contribution in [0.3, 0.4) is 0 Å². The average molecular weight is 293 g/mol. The molecule has 4 rings (SSSR count). The molecule has 1 atom stereocenters. The summed E-state index contributed by atoms with van der Waals surface area (Å²) in [4.78, 5) is 2.43. The van der Waals surface area contributed by atoms with Crippen molar-refractivity contribution in [3.05, 3.63) is 22.7 Å². The fourth-order valence-electron chi connectivity index (χ4n) is 3.09. The maximum Gasteiger partial charge on any atom is 0.180 e. The van der Waals surface area contributed by atoms with Gasteiger partial charge in [-0.25, -0.2) is 0 Å². The Kier molecular flexibility index (Phi) is 3.73. The Hall–Kier alpha value is -1.44. The van der Waals surface area contributed by atoms with E-state index in [9.17, 15) is 0 Å². The summed E-state index contributed by atoms with van der Waals surface area (Å²) in [5.74, 6) is 1.69. The van der Waals surface area contributed by atoms with Crippen LogP contribution in [0, 0.1) is 17.2 Å². The van der Waals surface area contributed by atoms with Crippen LogP contribution in [0.4, 0.5) is 0 Å². The van der Waals surface area contributed by atoms with Crippen LogP contribution in [-0.2, 0) is 0 Å². The molecule has 3 aliphatic heterocycles.